The van der Waals surface area contributed by atoms with Crippen LogP contribution in [0.1, 0.15) is 5.56 Å². The number of sulfonamides is 2. The summed E-state index contributed by atoms with van der Waals surface area (Å²) in [4.78, 5) is 2.18. The van der Waals surface area contributed by atoms with Crippen molar-refractivity contribution in [2.24, 2.45) is 0 Å². The summed E-state index contributed by atoms with van der Waals surface area (Å²) in [5.74, 6) is 1.05. The van der Waals surface area contributed by atoms with E-state index in [0.717, 1.165) is 11.4 Å². The highest BCUT2D eigenvalue weighted by atomic mass is 32.2. The number of nitrogens with one attached hydrogen (secondary N) is 1. The Morgan fingerprint density at radius 1 is 0.906 bits per heavy atom. The van der Waals surface area contributed by atoms with E-state index in [-0.39, 0.29) is 17.2 Å². The van der Waals surface area contributed by atoms with Crippen LogP contribution in [0.15, 0.2) is 47.4 Å². The van der Waals surface area contributed by atoms with E-state index in [9.17, 15) is 16.8 Å². The van der Waals surface area contributed by atoms with Crippen molar-refractivity contribution in [2.45, 2.75) is 11.8 Å². The molecule has 2 aromatic carbocycles. The predicted octanol–water partition coefficient (Wildman–Crippen LogP) is 1.44. The molecular weight excluding hydrogens is 454 g/mol. The minimum atomic E-state index is -3.82. The molecule has 2 aromatic rings. The molecule has 1 aliphatic rings. The van der Waals surface area contributed by atoms with Crippen molar-refractivity contribution < 1.29 is 26.3 Å². The summed E-state index contributed by atoms with van der Waals surface area (Å²) in [6.45, 7) is 3.35. The Morgan fingerprint density at radius 2 is 1.56 bits per heavy atom. The highest BCUT2D eigenvalue weighted by molar-refractivity contribution is 7.90. The van der Waals surface area contributed by atoms with E-state index in [1.54, 1.807) is 20.1 Å². The summed E-state index contributed by atoms with van der Waals surface area (Å²) < 4.78 is 64.6. The van der Waals surface area contributed by atoms with E-state index in [4.69, 9.17) is 9.47 Å². The highest BCUT2D eigenvalue weighted by Crippen LogP contribution is 2.22. The number of hydrogen-bond donors (Lipinski definition) is 1. The fourth-order valence-electron chi connectivity index (χ4n) is 3.55. The van der Waals surface area contributed by atoms with E-state index < -0.39 is 20.0 Å². The topological polar surface area (TPSA) is 105 Å². The standard InChI is InChI=1S/C21H29N3O6S2/c1-17-16-20(8-9-21(17)30-3)32(27,28)22-10-15-31(25,26)24-13-11-23(12-14-24)18-4-6-19(29-2)7-5-18/h4-9,16,22H,10-15H2,1-3H3. The molecular formula is C21H29N3O6S2. The Morgan fingerprint density at radius 3 is 2.12 bits per heavy atom. The molecule has 176 valence electrons. The molecule has 1 N–H and O–H groups in total. The number of anilines is 1. The average Bonchev–Trinajstić information content (AvgIpc) is 2.79. The van der Waals surface area contributed by atoms with Crippen molar-refractivity contribution in [3.8, 4) is 11.5 Å². The number of methoxy groups -OCH3 is 2. The largest absolute Gasteiger partial charge is 0.497 e. The lowest BCUT2D eigenvalue weighted by Crippen LogP contribution is -2.50. The van der Waals surface area contributed by atoms with Gasteiger partial charge in [-0.05, 0) is 55.0 Å². The zero-order chi connectivity index (χ0) is 23.4. The maximum absolute atomic E-state index is 12.7. The van der Waals surface area contributed by atoms with Gasteiger partial charge in [-0.25, -0.2) is 21.6 Å². The monoisotopic (exact) mass is 483 g/mol. The zero-order valence-electron chi connectivity index (χ0n) is 18.4. The smallest absolute Gasteiger partial charge is 0.240 e. The van der Waals surface area contributed by atoms with Crippen molar-refractivity contribution in [1.82, 2.24) is 9.03 Å². The van der Waals surface area contributed by atoms with Crippen LogP contribution in [-0.4, -0.2) is 73.8 Å². The molecule has 1 fully saturated rings. The fraction of sp³-hybridized carbons (Fsp3) is 0.429. The van der Waals surface area contributed by atoms with Crippen molar-refractivity contribution in [1.29, 1.82) is 0 Å². The van der Waals surface area contributed by atoms with Crippen LogP contribution < -0.4 is 19.1 Å². The molecule has 0 saturated carbocycles. The molecule has 32 heavy (non-hydrogen) atoms. The summed E-state index contributed by atoms with van der Waals surface area (Å²) in [7, 11) is -4.28. The van der Waals surface area contributed by atoms with Gasteiger partial charge in [0, 0.05) is 38.4 Å². The highest BCUT2D eigenvalue weighted by Gasteiger charge is 2.27. The number of rotatable bonds is 9. The lowest BCUT2D eigenvalue weighted by Gasteiger charge is -2.35. The normalized spacial score (nSPS) is 15.5. The Bertz CT molecular complexity index is 1130. The molecule has 0 unspecified atom stereocenters. The second-order valence-corrected chi connectivity index (χ2v) is 11.3. The third-order valence-corrected chi connectivity index (χ3v) is 8.73. The van der Waals surface area contributed by atoms with Gasteiger partial charge in [-0.15, -0.1) is 0 Å². The minimum absolute atomic E-state index is 0.0707. The number of nitrogens with zero attached hydrogens (tertiary/aromatic N) is 2. The quantitative estimate of drug-likeness (QED) is 0.575. The van der Waals surface area contributed by atoms with Crippen LogP contribution in [0.25, 0.3) is 0 Å². The predicted molar refractivity (Wildman–Crippen MR) is 123 cm³/mol. The third-order valence-electron chi connectivity index (χ3n) is 5.40. The summed E-state index contributed by atoms with van der Waals surface area (Å²) >= 11 is 0. The van der Waals surface area contributed by atoms with Gasteiger partial charge < -0.3 is 14.4 Å². The van der Waals surface area contributed by atoms with Crippen LogP contribution in [-0.2, 0) is 20.0 Å². The van der Waals surface area contributed by atoms with E-state index in [2.05, 4.69) is 9.62 Å². The molecule has 0 amide bonds. The Balaban J connectivity index is 1.53. The molecule has 0 bridgehead atoms. The Hall–Kier alpha value is -2.34. The second-order valence-electron chi connectivity index (χ2n) is 7.43. The van der Waals surface area contributed by atoms with Gasteiger partial charge >= 0.3 is 0 Å². The number of piperazine rings is 1. The van der Waals surface area contributed by atoms with Crippen LogP contribution in [0, 0.1) is 6.92 Å². The van der Waals surface area contributed by atoms with Crippen LogP contribution >= 0.6 is 0 Å². The summed E-state index contributed by atoms with van der Waals surface area (Å²) in [6, 6.07) is 12.1. The fourth-order valence-corrected chi connectivity index (χ4v) is 6.14. The van der Waals surface area contributed by atoms with E-state index in [1.807, 2.05) is 24.3 Å². The first kappa shape index (κ1) is 24.3. The van der Waals surface area contributed by atoms with Gasteiger partial charge in [-0.1, -0.05) is 0 Å². The average molecular weight is 484 g/mol. The lowest BCUT2D eigenvalue weighted by molar-refractivity contribution is 0.384. The summed E-state index contributed by atoms with van der Waals surface area (Å²) in [5.41, 5.74) is 1.68. The summed E-state index contributed by atoms with van der Waals surface area (Å²) in [5, 5.41) is 0. The number of benzene rings is 2. The molecule has 0 radical (unpaired) electrons. The molecule has 1 aliphatic heterocycles. The van der Waals surface area contributed by atoms with Gasteiger partial charge in [0.05, 0.1) is 24.9 Å². The molecule has 0 atom stereocenters. The molecule has 9 nitrogen and oxygen atoms in total. The van der Waals surface area contributed by atoms with Gasteiger partial charge in [0.2, 0.25) is 20.0 Å². The van der Waals surface area contributed by atoms with E-state index in [1.165, 1.54) is 23.5 Å². The Kier molecular flexibility index (Phi) is 7.65. The van der Waals surface area contributed by atoms with Gasteiger partial charge in [-0.3, -0.25) is 0 Å². The van der Waals surface area contributed by atoms with Crippen LogP contribution in [0.5, 0.6) is 11.5 Å². The van der Waals surface area contributed by atoms with Crippen LogP contribution in [0.3, 0.4) is 0 Å². The first-order valence-corrected chi connectivity index (χ1v) is 13.3. The maximum atomic E-state index is 12.7. The molecule has 1 heterocycles. The van der Waals surface area contributed by atoms with Gasteiger partial charge in [0.25, 0.3) is 0 Å². The minimum Gasteiger partial charge on any atom is -0.497 e. The van der Waals surface area contributed by atoms with E-state index >= 15 is 0 Å². The maximum Gasteiger partial charge on any atom is 0.240 e. The number of ether oxygens (including phenoxy) is 2. The van der Waals surface area contributed by atoms with Gasteiger partial charge in [0.15, 0.2) is 0 Å². The van der Waals surface area contributed by atoms with Crippen LogP contribution in [0.4, 0.5) is 5.69 Å². The van der Waals surface area contributed by atoms with Crippen LogP contribution in [0.2, 0.25) is 0 Å². The summed E-state index contributed by atoms with van der Waals surface area (Å²) in [6.07, 6.45) is 0. The molecule has 0 aromatic heterocycles. The van der Waals surface area contributed by atoms with Crippen molar-refractivity contribution in [3.63, 3.8) is 0 Å². The second kappa shape index (κ2) is 10.1. The van der Waals surface area contributed by atoms with Gasteiger partial charge in [0.1, 0.15) is 11.5 Å². The Labute approximate surface area is 190 Å². The lowest BCUT2D eigenvalue weighted by atomic mass is 10.2. The zero-order valence-corrected chi connectivity index (χ0v) is 20.1. The molecule has 1 saturated heterocycles. The molecule has 11 heteroatoms. The molecule has 0 aliphatic carbocycles. The first-order valence-electron chi connectivity index (χ1n) is 10.2. The number of aryl methyl sites for hydroxylation is 1. The van der Waals surface area contributed by atoms with Gasteiger partial charge in [-0.2, -0.15) is 4.31 Å². The van der Waals surface area contributed by atoms with Crippen molar-refractivity contribution in [2.75, 3.05) is 57.6 Å². The van der Waals surface area contributed by atoms with Crippen molar-refractivity contribution in [3.05, 3.63) is 48.0 Å². The third kappa shape index (κ3) is 5.71. The molecule has 0 spiro atoms. The number of hydrogen-bond acceptors (Lipinski definition) is 7. The SMILES string of the molecule is COc1ccc(N2CCN(S(=O)(=O)CCNS(=O)(=O)c3ccc(OC)c(C)c3)CC2)cc1. The first-order chi connectivity index (χ1) is 15.2. The van der Waals surface area contributed by atoms with Crippen molar-refractivity contribution >= 4 is 25.7 Å². The van der Waals surface area contributed by atoms with E-state index in [0.29, 0.717) is 37.5 Å². The molecule has 3 rings (SSSR count).